The number of aromatic amines is 1. The van der Waals surface area contributed by atoms with Crippen molar-refractivity contribution >= 4 is 17.1 Å². The van der Waals surface area contributed by atoms with Crippen LogP contribution in [0.3, 0.4) is 0 Å². The number of nitrogens with one attached hydrogen (secondary N) is 1. The van der Waals surface area contributed by atoms with Crippen LogP contribution in [0.15, 0.2) is 64.2 Å². The molecule has 0 saturated carbocycles. The van der Waals surface area contributed by atoms with Crippen LogP contribution in [0.25, 0.3) is 11.2 Å². The fourth-order valence-electron chi connectivity index (χ4n) is 3.74. The minimum Gasteiger partial charge on any atom is -0.497 e. The minimum atomic E-state index is -0.944. The molecule has 4 rings (SSSR count). The van der Waals surface area contributed by atoms with Gasteiger partial charge in [0, 0.05) is 20.6 Å². The second-order valence-electron chi connectivity index (χ2n) is 7.99. The Labute approximate surface area is 195 Å². The zero-order valence-electron chi connectivity index (χ0n) is 19.3. The van der Waals surface area contributed by atoms with Gasteiger partial charge < -0.3 is 24.0 Å². The molecule has 0 aliphatic rings. The van der Waals surface area contributed by atoms with Gasteiger partial charge in [-0.15, -0.1) is 0 Å². The van der Waals surface area contributed by atoms with Gasteiger partial charge in [-0.3, -0.25) is 14.3 Å². The van der Waals surface area contributed by atoms with Crippen LogP contribution in [0.4, 0.5) is 5.95 Å². The minimum absolute atomic E-state index is 0.00247. The number of aliphatic hydroxyl groups is 1. The monoisotopic (exact) mass is 465 g/mol. The van der Waals surface area contributed by atoms with Crippen molar-refractivity contribution in [3.05, 3.63) is 81.0 Å². The Morgan fingerprint density at radius 1 is 1.09 bits per heavy atom. The van der Waals surface area contributed by atoms with E-state index in [4.69, 9.17) is 9.47 Å². The predicted molar refractivity (Wildman–Crippen MR) is 129 cm³/mol. The molecule has 0 aliphatic heterocycles. The van der Waals surface area contributed by atoms with Gasteiger partial charge in [0.25, 0.3) is 5.56 Å². The van der Waals surface area contributed by atoms with E-state index in [1.165, 1.54) is 4.57 Å². The molecular weight excluding hydrogens is 438 g/mol. The zero-order chi connectivity index (χ0) is 24.2. The third-order valence-electron chi connectivity index (χ3n) is 5.49. The van der Waals surface area contributed by atoms with Gasteiger partial charge in [-0.1, -0.05) is 30.3 Å². The van der Waals surface area contributed by atoms with Crippen LogP contribution in [-0.2, 0) is 20.1 Å². The third kappa shape index (κ3) is 4.81. The quantitative estimate of drug-likeness (QED) is 0.385. The van der Waals surface area contributed by atoms with Crippen LogP contribution in [0.1, 0.15) is 5.56 Å². The molecule has 2 N–H and O–H groups in total. The molecule has 0 unspecified atom stereocenters. The maximum atomic E-state index is 12.7. The first-order valence-electron chi connectivity index (χ1n) is 10.8. The predicted octanol–water partition coefficient (Wildman–Crippen LogP) is 1.51. The number of rotatable bonds is 9. The van der Waals surface area contributed by atoms with E-state index in [9.17, 15) is 14.7 Å². The molecule has 178 valence electrons. The molecule has 0 radical (unpaired) electrons. The molecule has 0 aliphatic carbocycles. The Hall–Kier alpha value is -4.05. The first kappa shape index (κ1) is 23.1. The first-order valence-corrected chi connectivity index (χ1v) is 10.8. The smallest absolute Gasteiger partial charge is 0.329 e. The normalized spacial score (nSPS) is 12.0. The van der Waals surface area contributed by atoms with Gasteiger partial charge in [0.1, 0.15) is 24.2 Å². The Bertz CT molecular complexity index is 1380. The molecular formula is C24H27N5O5. The van der Waals surface area contributed by atoms with Crippen molar-refractivity contribution < 1.29 is 14.6 Å². The lowest BCUT2D eigenvalue weighted by Gasteiger charge is -2.21. The lowest BCUT2D eigenvalue weighted by molar-refractivity contribution is 0.0936. The molecule has 2 heterocycles. The molecule has 4 aromatic rings. The van der Waals surface area contributed by atoms with Crippen molar-refractivity contribution in [1.29, 1.82) is 0 Å². The van der Waals surface area contributed by atoms with Gasteiger partial charge in [0.2, 0.25) is 5.95 Å². The second-order valence-corrected chi connectivity index (χ2v) is 7.99. The number of hydrogen-bond acceptors (Lipinski definition) is 7. The Balaban J connectivity index is 1.63. The fourth-order valence-corrected chi connectivity index (χ4v) is 3.74. The third-order valence-corrected chi connectivity index (χ3v) is 5.49. The van der Waals surface area contributed by atoms with E-state index >= 15 is 0 Å². The summed E-state index contributed by atoms with van der Waals surface area (Å²) in [5, 5.41) is 10.8. The number of aliphatic hydroxyl groups excluding tert-OH is 1. The van der Waals surface area contributed by atoms with Crippen molar-refractivity contribution in [3.8, 4) is 11.5 Å². The number of aromatic nitrogens is 4. The molecule has 0 bridgehead atoms. The number of imidazole rings is 1. The summed E-state index contributed by atoms with van der Waals surface area (Å²) in [4.78, 5) is 33.6. The van der Waals surface area contributed by atoms with Gasteiger partial charge in [0.15, 0.2) is 11.2 Å². The van der Waals surface area contributed by atoms with Crippen LogP contribution in [-0.4, -0.2) is 51.1 Å². The van der Waals surface area contributed by atoms with E-state index in [2.05, 4.69) is 9.97 Å². The molecule has 0 fully saturated rings. The van der Waals surface area contributed by atoms with Crippen molar-refractivity contribution in [2.75, 3.05) is 25.7 Å². The number of methoxy groups -OCH3 is 1. The summed E-state index contributed by atoms with van der Waals surface area (Å²) in [7, 11) is 4.97. The van der Waals surface area contributed by atoms with Crippen molar-refractivity contribution in [2.45, 2.75) is 19.2 Å². The molecule has 0 spiro atoms. The van der Waals surface area contributed by atoms with E-state index in [0.29, 0.717) is 24.0 Å². The fraction of sp³-hybridized carbons (Fsp3) is 0.292. The Kier molecular flexibility index (Phi) is 6.69. The van der Waals surface area contributed by atoms with E-state index < -0.39 is 17.4 Å². The van der Waals surface area contributed by atoms with E-state index in [0.717, 1.165) is 5.56 Å². The van der Waals surface area contributed by atoms with E-state index in [-0.39, 0.29) is 24.3 Å². The molecule has 10 nitrogen and oxygen atoms in total. The number of aryl methyl sites for hydroxylation is 1. The van der Waals surface area contributed by atoms with Gasteiger partial charge in [0.05, 0.1) is 13.7 Å². The number of nitrogens with zero attached hydrogens (tertiary/aromatic N) is 4. The number of anilines is 1. The summed E-state index contributed by atoms with van der Waals surface area (Å²) < 4.78 is 13.7. The summed E-state index contributed by atoms with van der Waals surface area (Å²) in [6, 6.07) is 16.8. The average molecular weight is 466 g/mol. The molecule has 1 atom stereocenters. The first-order chi connectivity index (χ1) is 16.4. The van der Waals surface area contributed by atoms with Crippen LogP contribution in [0.2, 0.25) is 0 Å². The number of H-pyrrole nitrogens is 1. The van der Waals surface area contributed by atoms with Gasteiger partial charge >= 0.3 is 5.69 Å². The summed E-state index contributed by atoms with van der Waals surface area (Å²) in [5.74, 6) is 1.74. The maximum absolute atomic E-state index is 12.7. The zero-order valence-corrected chi connectivity index (χ0v) is 19.3. The largest absolute Gasteiger partial charge is 0.497 e. The molecule has 34 heavy (non-hydrogen) atoms. The second kappa shape index (κ2) is 9.84. The summed E-state index contributed by atoms with van der Waals surface area (Å²) >= 11 is 0. The molecule has 2 aromatic heterocycles. The summed E-state index contributed by atoms with van der Waals surface area (Å²) in [5.41, 5.74) is 0.387. The standard InChI is InChI=1S/C24H27N5O5/c1-27(13-16-7-5-4-6-8-16)23-25-21-20(22(31)26-24(32)28(21)2)29(23)14-17(30)15-34-19-11-9-18(33-3)10-12-19/h4-12,17,30H,13-15H2,1-3H3,(H,26,31,32)/t17-/m0/s1. The van der Waals surface area contributed by atoms with Crippen molar-refractivity contribution in [3.63, 3.8) is 0 Å². The van der Waals surface area contributed by atoms with Crippen LogP contribution < -0.4 is 25.6 Å². The van der Waals surface area contributed by atoms with Crippen LogP contribution in [0, 0.1) is 0 Å². The molecule has 2 aromatic carbocycles. The number of hydrogen-bond donors (Lipinski definition) is 2. The van der Waals surface area contributed by atoms with E-state index in [1.54, 1.807) is 43.0 Å². The highest BCUT2D eigenvalue weighted by Gasteiger charge is 2.22. The maximum Gasteiger partial charge on any atom is 0.329 e. The van der Waals surface area contributed by atoms with Crippen molar-refractivity contribution in [1.82, 2.24) is 19.1 Å². The summed E-state index contributed by atoms with van der Waals surface area (Å²) in [6.45, 7) is 0.564. The van der Waals surface area contributed by atoms with Crippen molar-refractivity contribution in [2.24, 2.45) is 7.05 Å². The highest BCUT2D eigenvalue weighted by atomic mass is 16.5. The van der Waals surface area contributed by atoms with Gasteiger partial charge in [-0.05, 0) is 29.8 Å². The number of benzene rings is 2. The average Bonchev–Trinajstić information content (AvgIpc) is 3.22. The molecule has 10 heteroatoms. The highest BCUT2D eigenvalue weighted by molar-refractivity contribution is 5.74. The van der Waals surface area contributed by atoms with Gasteiger partial charge in [-0.25, -0.2) is 4.79 Å². The number of ether oxygens (including phenoxy) is 2. The van der Waals surface area contributed by atoms with Gasteiger partial charge in [-0.2, -0.15) is 4.98 Å². The van der Waals surface area contributed by atoms with Crippen LogP contribution in [0.5, 0.6) is 11.5 Å². The molecule has 0 saturated heterocycles. The summed E-state index contributed by atoms with van der Waals surface area (Å²) in [6.07, 6.45) is -0.944. The topological polar surface area (TPSA) is 115 Å². The van der Waals surface area contributed by atoms with E-state index in [1.807, 2.05) is 42.3 Å². The molecule has 0 amide bonds. The lowest BCUT2D eigenvalue weighted by Crippen LogP contribution is -2.31. The highest BCUT2D eigenvalue weighted by Crippen LogP contribution is 2.22. The Morgan fingerprint density at radius 3 is 2.44 bits per heavy atom. The number of fused-ring (bicyclic) bond motifs is 1. The van der Waals surface area contributed by atoms with Crippen LogP contribution >= 0.6 is 0 Å². The lowest BCUT2D eigenvalue weighted by atomic mass is 10.2. The Morgan fingerprint density at radius 2 is 1.76 bits per heavy atom. The SMILES string of the molecule is COc1ccc(OC[C@@H](O)Cn2c(N(C)Cc3ccccc3)nc3c2c(=O)[nH]c(=O)n3C)cc1.